The molecule has 0 aliphatic carbocycles. The van der Waals surface area contributed by atoms with Gasteiger partial charge in [0.05, 0.1) is 28.4 Å². The lowest BCUT2D eigenvalue weighted by molar-refractivity contribution is -0.129. The molecule has 1 aliphatic heterocycles. The fourth-order valence-corrected chi connectivity index (χ4v) is 3.58. The maximum Gasteiger partial charge on any atom is 0.223 e. The van der Waals surface area contributed by atoms with Crippen LogP contribution in [-0.2, 0) is 4.79 Å². The molecule has 124 valence electrons. The first kappa shape index (κ1) is 14.2. The van der Waals surface area contributed by atoms with Crippen LogP contribution in [0, 0.1) is 0 Å². The molecule has 0 radical (unpaired) electrons. The lowest BCUT2D eigenvalue weighted by Gasteiger charge is -2.25. The molecule has 3 aromatic heterocycles. The molecule has 25 heavy (non-hydrogen) atoms. The topological polar surface area (TPSA) is 90.6 Å². The number of aromatic amines is 2. The number of carbonyl (C=O) groups excluding carboxylic acids is 1. The first-order valence-corrected chi connectivity index (χ1v) is 8.33. The van der Waals surface area contributed by atoms with Crippen molar-refractivity contribution in [1.82, 2.24) is 30.0 Å². The number of amides is 1. The molecule has 0 spiro atoms. The number of imidazole rings is 1. The van der Waals surface area contributed by atoms with E-state index in [-0.39, 0.29) is 11.9 Å². The van der Waals surface area contributed by atoms with Crippen molar-refractivity contribution in [3.05, 3.63) is 54.2 Å². The summed E-state index contributed by atoms with van der Waals surface area (Å²) >= 11 is 0. The predicted octanol–water partition coefficient (Wildman–Crippen LogP) is 2.55. The summed E-state index contributed by atoms with van der Waals surface area (Å²) in [4.78, 5) is 26.9. The largest absolute Gasteiger partial charge is 0.339 e. The van der Waals surface area contributed by atoms with Gasteiger partial charge in [-0.2, -0.15) is 5.10 Å². The van der Waals surface area contributed by atoms with Gasteiger partial charge in [-0.25, -0.2) is 4.98 Å². The molecule has 0 saturated carbocycles. The molecular formula is C18H16N6O. The Hall–Kier alpha value is -3.22. The Morgan fingerprint density at radius 2 is 2.12 bits per heavy atom. The van der Waals surface area contributed by atoms with E-state index in [1.54, 1.807) is 12.4 Å². The highest BCUT2D eigenvalue weighted by atomic mass is 16.2. The Kier molecular flexibility index (Phi) is 3.06. The summed E-state index contributed by atoms with van der Waals surface area (Å²) in [5, 5.41) is 8.05. The molecule has 1 amide bonds. The number of fused-ring (bicyclic) bond motifs is 3. The number of benzene rings is 1. The van der Waals surface area contributed by atoms with Crippen LogP contribution >= 0.6 is 0 Å². The summed E-state index contributed by atoms with van der Waals surface area (Å²) in [6.07, 6.45) is 4.94. The van der Waals surface area contributed by atoms with Crippen LogP contribution in [0.15, 0.2) is 42.7 Å². The molecule has 7 nitrogen and oxygen atoms in total. The number of pyridine rings is 1. The molecule has 4 aromatic rings. The van der Waals surface area contributed by atoms with Crippen LogP contribution in [0.5, 0.6) is 0 Å². The number of likely N-dealkylation sites (tertiary alicyclic amines) is 1. The first-order valence-electron chi connectivity index (χ1n) is 8.33. The third kappa shape index (κ3) is 2.20. The second-order valence-corrected chi connectivity index (χ2v) is 6.26. The summed E-state index contributed by atoms with van der Waals surface area (Å²) in [6.45, 7) is 0.721. The molecule has 7 heteroatoms. The van der Waals surface area contributed by atoms with E-state index >= 15 is 0 Å². The Labute approximate surface area is 143 Å². The van der Waals surface area contributed by atoms with E-state index in [4.69, 9.17) is 4.98 Å². The van der Waals surface area contributed by atoms with E-state index in [9.17, 15) is 4.79 Å². The summed E-state index contributed by atoms with van der Waals surface area (Å²) in [7, 11) is 0. The summed E-state index contributed by atoms with van der Waals surface area (Å²) in [5.74, 6) is 0.871. The van der Waals surface area contributed by atoms with E-state index in [1.807, 2.05) is 35.2 Å². The quantitative estimate of drug-likeness (QED) is 0.603. The van der Waals surface area contributed by atoms with Crippen LogP contribution in [0.3, 0.4) is 0 Å². The van der Waals surface area contributed by atoms with E-state index in [0.29, 0.717) is 6.42 Å². The highest BCUT2D eigenvalue weighted by molar-refractivity contribution is 6.01. The molecule has 4 heterocycles. The van der Waals surface area contributed by atoms with Gasteiger partial charge in [-0.05, 0) is 18.6 Å². The smallest absolute Gasteiger partial charge is 0.223 e. The maximum atomic E-state index is 12.3. The summed E-state index contributed by atoms with van der Waals surface area (Å²) < 4.78 is 0. The van der Waals surface area contributed by atoms with Gasteiger partial charge in [-0.15, -0.1) is 0 Å². The number of nitrogens with one attached hydrogen (secondary N) is 2. The minimum atomic E-state index is -0.288. The highest BCUT2D eigenvalue weighted by Crippen LogP contribution is 2.32. The number of hydrogen-bond acceptors (Lipinski definition) is 4. The molecule has 1 aromatic carbocycles. The lowest BCUT2D eigenvalue weighted by Crippen LogP contribution is -2.31. The van der Waals surface area contributed by atoms with Crippen molar-refractivity contribution in [3.8, 4) is 0 Å². The first-order chi connectivity index (χ1) is 12.3. The fraction of sp³-hybridized carbons (Fsp3) is 0.222. The van der Waals surface area contributed by atoms with Gasteiger partial charge in [0, 0.05) is 24.5 Å². The van der Waals surface area contributed by atoms with Crippen molar-refractivity contribution in [1.29, 1.82) is 0 Å². The van der Waals surface area contributed by atoms with Crippen LogP contribution in [0.25, 0.3) is 21.9 Å². The zero-order valence-electron chi connectivity index (χ0n) is 13.4. The molecule has 1 fully saturated rings. The molecule has 2 N–H and O–H groups in total. The average Bonchev–Trinajstić information content (AvgIpc) is 3.37. The molecule has 1 saturated heterocycles. The summed E-state index contributed by atoms with van der Waals surface area (Å²) in [6, 6.07) is 9.53. The van der Waals surface area contributed by atoms with Crippen molar-refractivity contribution in [3.63, 3.8) is 0 Å². The van der Waals surface area contributed by atoms with Gasteiger partial charge < -0.3 is 9.88 Å². The van der Waals surface area contributed by atoms with Gasteiger partial charge in [0.15, 0.2) is 0 Å². The van der Waals surface area contributed by atoms with Gasteiger partial charge in [0.25, 0.3) is 0 Å². The predicted molar refractivity (Wildman–Crippen MR) is 92.8 cm³/mol. The summed E-state index contributed by atoms with van der Waals surface area (Å²) in [5.41, 5.74) is 3.50. The van der Waals surface area contributed by atoms with Gasteiger partial charge in [0.2, 0.25) is 5.91 Å². The zero-order valence-corrected chi connectivity index (χ0v) is 13.4. The SMILES string of the molecule is O=C1CCCN1C(c1ccn[nH]1)c1nc2c(cnc3ccccc32)[nH]1. The minimum absolute atomic E-state index is 0.142. The second-order valence-electron chi connectivity index (χ2n) is 6.26. The Balaban J connectivity index is 1.71. The number of para-hydroxylation sites is 1. The van der Waals surface area contributed by atoms with Crippen LogP contribution < -0.4 is 0 Å². The molecule has 5 rings (SSSR count). The molecule has 1 aliphatic rings. The number of carbonyl (C=O) groups is 1. The van der Waals surface area contributed by atoms with Crippen LogP contribution in [-0.4, -0.2) is 42.5 Å². The third-order valence-corrected chi connectivity index (χ3v) is 4.74. The van der Waals surface area contributed by atoms with Crippen molar-refractivity contribution in [2.24, 2.45) is 0 Å². The van der Waals surface area contributed by atoms with Crippen molar-refractivity contribution in [2.45, 2.75) is 18.9 Å². The Bertz CT molecular complexity index is 1070. The number of H-pyrrole nitrogens is 2. The normalized spacial score (nSPS) is 16.2. The molecular weight excluding hydrogens is 316 g/mol. The van der Waals surface area contributed by atoms with E-state index in [2.05, 4.69) is 20.2 Å². The minimum Gasteiger partial charge on any atom is -0.339 e. The molecule has 1 unspecified atom stereocenters. The van der Waals surface area contributed by atoms with Gasteiger partial charge in [-0.3, -0.25) is 14.9 Å². The third-order valence-electron chi connectivity index (χ3n) is 4.74. The van der Waals surface area contributed by atoms with Crippen LogP contribution in [0.4, 0.5) is 0 Å². The molecule has 1 atom stereocenters. The average molecular weight is 332 g/mol. The standard InChI is InChI=1S/C18H16N6O/c25-15-6-3-9-24(15)17(13-7-8-20-23-13)18-21-14-10-19-12-5-2-1-4-11(12)16(14)22-18/h1-2,4-5,7-8,10,17H,3,6,9H2,(H,20,23)(H,21,22). The Morgan fingerprint density at radius 3 is 2.92 bits per heavy atom. The number of nitrogens with zero attached hydrogens (tertiary/aromatic N) is 4. The fourth-order valence-electron chi connectivity index (χ4n) is 3.58. The molecule has 0 bridgehead atoms. The number of aromatic nitrogens is 5. The van der Waals surface area contributed by atoms with Gasteiger partial charge in [-0.1, -0.05) is 18.2 Å². The van der Waals surface area contributed by atoms with E-state index < -0.39 is 0 Å². The van der Waals surface area contributed by atoms with Gasteiger partial charge in [0.1, 0.15) is 11.9 Å². The van der Waals surface area contributed by atoms with Crippen LogP contribution in [0.2, 0.25) is 0 Å². The maximum absolute atomic E-state index is 12.3. The second kappa shape index (κ2) is 5.41. The van der Waals surface area contributed by atoms with E-state index in [1.165, 1.54) is 0 Å². The highest BCUT2D eigenvalue weighted by Gasteiger charge is 2.33. The Morgan fingerprint density at radius 1 is 1.20 bits per heavy atom. The van der Waals surface area contributed by atoms with E-state index in [0.717, 1.165) is 46.4 Å². The zero-order chi connectivity index (χ0) is 16.8. The number of hydrogen-bond donors (Lipinski definition) is 2. The van der Waals surface area contributed by atoms with Crippen molar-refractivity contribution < 1.29 is 4.79 Å². The van der Waals surface area contributed by atoms with Crippen molar-refractivity contribution in [2.75, 3.05) is 6.54 Å². The van der Waals surface area contributed by atoms with Crippen LogP contribution in [0.1, 0.15) is 30.4 Å². The van der Waals surface area contributed by atoms with Crippen molar-refractivity contribution >= 4 is 27.8 Å². The monoisotopic (exact) mass is 332 g/mol. The van der Waals surface area contributed by atoms with Gasteiger partial charge >= 0.3 is 0 Å². The lowest BCUT2D eigenvalue weighted by atomic mass is 10.1. The number of rotatable bonds is 3.